The summed E-state index contributed by atoms with van der Waals surface area (Å²) in [6, 6.07) is 6.91. The summed E-state index contributed by atoms with van der Waals surface area (Å²) in [5.41, 5.74) is 0.639. The third-order valence-electron chi connectivity index (χ3n) is 3.35. The van der Waals surface area contributed by atoms with Crippen LogP contribution in [-0.2, 0) is 9.53 Å². The fraction of sp³-hybridized carbons (Fsp3) is 0.267. The molecule has 1 fully saturated rings. The number of carbonyl (C=O) groups is 2. The molecule has 1 saturated heterocycles. The van der Waals surface area contributed by atoms with Crippen LogP contribution in [-0.4, -0.2) is 29.7 Å². The molecule has 0 radical (unpaired) electrons. The largest absolute Gasteiger partial charge is 0.459 e. The number of halogens is 1. The van der Waals surface area contributed by atoms with Crippen molar-refractivity contribution in [3.63, 3.8) is 0 Å². The number of carbonyl (C=O) groups excluding carboxylic acids is 2. The molecule has 22 heavy (non-hydrogen) atoms. The molecule has 7 heteroatoms. The van der Waals surface area contributed by atoms with Crippen molar-refractivity contribution in [2.75, 3.05) is 6.61 Å². The molecule has 114 valence electrons. The predicted octanol–water partition coefficient (Wildman–Crippen LogP) is 1.92. The predicted molar refractivity (Wildman–Crippen MR) is 73.3 cm³/mol. The van der Waals surface area contributed by atoms with Gasteiger partial charge in [0, 0.05) is 18.1 Å². The maximum Gasteiger partial charge on any atom is 0.360 e. The molecule has 1 amide bonds. The Balaban J connectivity index is 1.61. The van der Waals surface area contributed by atoms with Gasteiger partial charge in [0.25, 0.3) is 0 Å². The van der Waals surface area contributed by atoms with E-state index in [2.05, 4.69) is 10.5 Å². The van der Waals surface area contributed by atoms with E-state index >= 15 is 0 Å². The smallest absolute Gasteiger partial charge is 0.360 e. The second-order valence-electron chi connectivity index (χ2n) is 4.98. The molecule has 2 heterocycles. The van der Waals surface area contributed by atoms with E-state index in [1.165, 1.54) is 30.3 Å². The lowest BCUT2D eigenvalue weighted by Crippen LogP contribution is -2.30. The molecule has 0 saturated carbocycles. The normalized spacial score (nSPS) is 17.3. The summed E-state index contributed by atoms with van der Waals surface area (Å²) in [7, 11) is 0. The summed E-state index contributed by atoms with van der Waals surface area (Å²) in [5, 5.41) is 6.35. The molecule has 1 N–H and O–H groups in total. The topological polar surface area (TPSA) is 81.4 Å². The van der Waals surface area contributed by atoms with Crippen molar-refractivity contribution < 1.29 is 23.2 Å². The van der Waals surface area contributed by atoms with Crippen LogP contribution in [0, 0.1) is 5.82 Å². The fourth-order valence-corrected chi connectivity index (χ4v) is 2.17. The highest BCUT2D eigenvalue weighted by molar-refractivity contribution is 5.88. The molecule has 0 spiro atoms. The van der Waals surface area contributed by atoms with Crippen molar-refractivity contribution in [1.82, 2.24) is 10.5 Å². The highest BCUT2D eigenvalue weighted by Crippen LogP contribution is 2.21. The lowest BCUT2D eigenvalue weighted by Gasteiger charge is -2.09. The van der Waals surface area contributed by atoms with Crippen molar-refractivity contribution in [2.24, 2.45) is 0 Å². The van der Waals surface area contributed by atoms with E-state index < -0.39 is 5.97 Å². The zero-order valence-corrected chi connectivity index (χ0v) is 11.5. The van der Waals surface area contributed by atoms with Crippen LogP contribution in [0.5, 0.6) is 0 Å². The Hall–Kier alpha value is -2.70. The van der Waals surface area contributed by atoms with E-state index in [0.29, 0.717) is 24.2 Å². The number of esters is 1. The van der Waals surface area contributed by atoms with Gasteiger partial charge in [-0.15, -0.1) is 0 Å². The molecule has 3 rings (SSSR count). The first kappa shape index (κ1) is 14.2. The van der Waals surface area contributed by atoms with Gasteiger partial charge in [0.05, 0.1) is 6.04 Å². The van der Waals surface area contributed by atoms with Gasteiger partial charge in [0.15, 0.2) is 11.5 Å². The zero-order valence-electron chi connectivity index (χ0n) is 11.5. The van der Waals surface area contributed by atoms with E-state index in [1.807, 2.05) is 0 Å². The maximum absolute atomic E-state index is 12.9. The van der Waals surface area contributed by atoms with E-state index in [0.717, 1.165) is 0 Å². The van der Waals surface area contributed by atoms with E-state index in [-0.39, 0.29) is 30.1 Å². The number of hydrogen-bond donors (Lipinski definition) is 1. The molecule has 1 atom stereocenters. The number of ether oxygens (including phenoxy) is 1. The number of amides is 1. The Morgan fingerprint density at radius 1 is 1.41 bits per heavy atom. The molecule has 1 aromatic carbocycles. The van der Waals surface area contributed by atoms with Crippen LogP contribution >= 0.6 is 0 Å². The lowest BCUT2D eigenvalue weighted by molar-refractivity contribution is -0.119. The van der Waals surface area contributed by atoms with Crippen LogP contribution in [0.3, 0.4) is 0 Å². The summed E-state index contributed by atoms with van der Waals surface area (Å²) >= 11 is 0. The summed E-state index contributed by atoms with van der Waals surface area (Å²) in [6.07, 6.45) is 1.09. The minimum Gasteiger partial charge on any atom is -0.459 e. The summed E-state index contributed by atoms with van der Waals surface area (Å²) in [5.74, 6) is -0.679. The monoisotopic (exact) mass is 304 g/mol. The number of hydrogen-bond acceptors (Lipinski definition) is 5. The number of nitrogens with one attached hydrogen (secondary N) is 1. The number of rotatable bonds is 4. The van der Waals surface area contributed by atoms with E-state index in [1.54, 1.807) is 0 Å². The van der Waals surface area contributed by atoms with Crippen molar-refractivity contribution in [2.45, 2.75) is 18.9 Å². The highest BCUT2D eigenvalue weighted by Gasteiger charge is 2.23. The second kappa shape index (κ2) is 5.97. The molecular weight excluding hydrogens is 291 g/mol. The quantitative estimate of drug-likeness (QED) is 0.873. The molecule has 0 bridgehead atoms. The van der Waals surface area contributed by atoms with Crippen molar-refractivity contribution >= 4 is 11.9 Å². The summed E-state index contributed by atoms with van der Waals surface area (Å²) in [6.45, 7) is 0.101. The Labute approximate surface area is 125 Å². The van der Waals surface area contributed by atoms with Crippen LogP contribution < -0.4 is 5.32 Å². The van der Waals surface area contributed by atoms with Crippen LogP contribution in [0.4, 0.5) is 4.39 Å². The molecule has 1 unspecified atom stereocenters. The molecule has 0 aliphatic carbocycles. The third kappa shape index (κ3) is 3.13. The molecule has 2 aromatic rings. The van der Waals surface area contributed by atoms with E-state index in [9.17, 15) is 14.0 Å². The Morgan fingerprint density at radius 3 is 2.86 bits per heavy atom. The van der Waals surface area contributed by atoms with Crippen molar-refractivity contribution in [3.8, 4) is 11.3 Å². The summed E-state index contributed by atoms with van der Waals surface area (Å²) < 4.78 is 23.0. The van der Waals surface area contributed by atoms with Gasteiger partial charge < -0.3 is 14.6 Å². The average Bonchev–Trinajstić information content (AvgIpc) is 3.15. The van der Waals surface area contributed by atoms with Gasteiger partial charge in [0.1, 0.15) is 12.4 Å². The SMILES string of the molecule is O=C1CCC(COC(=O)c2cc(-c3ccc(F)cc3)on2)N1. The Kier molecular flexibility index (Phi) is 3.86. The minimum atomic E-state index is -0.627. The van der Waals surface area contributed by atoms with Crippen LogP contribution in [0.15, 0.2) is 34.9 Å². The second-order valence-corrected chi connectivity index (χ2v) is 4.98. The van der Waals surface area contributed by atoms with Gasteiger partial charge in [0.2, 0.25) is 5.91 Å². The van der Waals surface area contributed by atoms with Gasteiger partial charge >= 0.3 is 5.97 Å². The molecule has 1 aromatic heterocycles. The minimum absolute atomic E-state index is 0.0312. The first-order valence-electron chi connectivity index (χ1n) is 6.81. The first-order valence-corrected chi connectivity index (χ1v) is 6.81. The van der Waals surface area contributed by atoms with Gasteiger partial charge in [-0.2, -0.15) is 0 Å². The van der Waals surface area contributed by atoms with Crippen LogP contribution in [0.2, 0.25) is 0 Å². The van der Waals surface area contributed by atoms with Gasteiger partial charge in [-0.25, -0.2) is 9.18 Å². The number of aromatic nitrogens is 1. The molecular formula is C15H13FN2O4. The maximum atomic E-state index is 12.9. The van der Waals surface area contributed by atoms with E-state index in [4.69, 9.17) is 9.26 Å². The number of nitrogens with zero attached hydrogens (tertiary/aromatic N) is 1. The van der Waals surface area contributed by atoms with Crippen molar-refractivity contribution in [3.05, 3.63) is 41.8 Å². The highest BCUT2D eigenvalue weighted by atomic mass is 19.1. The van der Waals surface area contributed by atoms with Crippen LogP contribution in [0.25, 0.3) is 11.3 Å². The fourth-order valence-electron chi connectivity index (χ4n) is 2.17. The lowest BCUT2D eigenvalue weighted by atomic mass is 10.1. The number of benzene rings is 1. The molecule has 6 nitrogen and oxygen atoms in total. The zero-order chi connectivity index (χ0) is 15.5. The van der Waals surface area contributed by atoms with Crippen LogP contribution in [0.1, 0.15) is 23.3 Å². The Morgan fingerprint density at radius 2 is 2.18 bits per heavy atom. The average molecular weight is 304 g/mol. The first-order chi connectivity index (χ1) is 10.6. The molecule has 1 aliphatic heterocycles. The van der Waals surface area contributed by atoms with Crippen molar-refractivity contribution in [1.29, 1.82) is 0 Å². The summed E-state index contributed by atoms with van der Waals surface area (Å²) in [4.78, 5) is 22.9. The third-order valence-corrected chi connectivity index (χ3v) is 3.35. The van der Waals surface area contributed by atoms with Gasteiger partial charge in [-0.05, 0) is 30.7 Å². The Bertz CT molecular complexity index is 696. The van der Waals surface area contributed by atoms with Gasteiger partial charge in [-0.1, -0.05) is 5.16 Å². The van der Waals surface area contributed by atoms with Gasteiger partial charge in [-0.3, -0.25) is 4.79 Å². The standard InChI is InChI=1S/C15H13FN2O4/c16-10-3-1-9(2-4-10)13-7-12(18-22-13)15(20)21-8-11-5-6-14(19)17-11/h1-4,7,11H,5-6,8H2,(H,17,19). The molecule has 1 aliphatic rings.